The highest BCUT2D eigenvalue weighted by atomic mass is 14.7. The summed E-state index contributed by atoms with van der Waals surface area (Å²) >= 11 is 0. The highest BCUT2D eigenvalue weighted by Crippen LogP contribution is 2.35. The lowest BCUT2D eigenvalue weighted by atomic mass is 9.80. The molecule has 140 valence electrons. The monoisotopic (exact) mass is 359 g/mol. The number of hydrogen-bond acceptors (Lipinski definition) is 3. The minimum absolute atomic E-state index is 0.220. The van der Waals surface area contributed by atoms with Crippen LogP contribution in [0.25, 0.3) is 5.70 Å². The molecule has 0 amide bonds. The Balaban J connectivity index is 2.55. The van der Waals surface area contributed by atoms with Crippen molar-refractivity contribution < 1.29 is 0 Å². The van der Waals surface area contributed by atoms with Gasteiger partial charge in [0.15, 0.2) is 0 Å². The van der Waals surface area contributed by atoms with Crippen molar-refractivity contribution in [3.63, 3.8) is 0 Å². The molecule has 3 nitrogen and oxygen atoms in total. The van der Waals surface area contributed by atoms with E-state index in [9.17, 15) is 5.26 Å². The summed E-state index contributed by atoms with van der Waals surface area (Å²) in [7, 11) is 1.86. The van der Waals surface area contributed by atoms with Gasteiger partial charge in [-0.15, -0.1) is 0 Å². The second-order valence-corrected chi connectivity index (χ2v) is 6.59. The number of aliphatic imine (C=N–C) groups is 2. The Morgan fingerprint density at radius 1 is 1.22 bits per heavy atom. The Hall–Kier alpha value is -2.73. The molecule has 27 heavy (non-hydrogen) atoms. The van der Waals surface area contributed by atoms with E-state index in [0.29, 0.717) is 5.56 Å². The fourth-order valence-electron chi connectivity index (χ4n) is 3.58. The Morgan fingerprint density at radius 3 is 2.56 bits per heavy atom. The van der Waals surface area contributed by atoms with Crippen LogP contribution in [-0.4, -0.2) is 19.0 Å². The van der Waals surface area contributed by atoms with E-state index < -0.39 is 0 Å². The van der Waals surface area contributed by atoms with Crippen LogP contribution in [0.2, 0.25) is 0 Å². The van der Waals surface area contributed by atoms with Crippen molar-refractivity contribution in [2.45, 2.75) is 47.0 Å². The van der Waals surface area contributed by atoms with Crippen molar-refractivity contribution in [1.29, 1.82) is 5.26 Å². The standard InChI is InChI=1S/C24H29N3/c1-6-17(7-2)16-27-24-14-20(21(8-3)23(9-4)26-5)13-19-12-18(15-25)10-11-22(19)24/h6,8,10-12,14,16,20H,7,9,13H2,1-5H3/b17-6-,21-8-,26-23-,27-16-. The molecule has 1 aromatic carbocycles. The molecule has 1 aliphatic rings. The Bertz CT molecular complexity index is 873. The smallest absolute Gasteiger partial charge is 0.0991 e. The molecule has 1 atom stereocenters. The maximum atomic E-state index is 9.30. The summed E-state index contributed by atoms with van der Waals surface area (Å²) in [6.45, 7) is 8.39. The van der Waals surface area contributed by atoms with Gasteiger partial charge in [0, 0.05) is 30.5 Å². The maximum absolute atomic E-state index is 9.30. The van der Waals surface area contributed by atoms with Gasteiger partial charge in [0.05, 0.1) is 17.3 Å². The quantitative estimate of drug-likeness (QED) is 0.581. The summed E-state index contributed by atoms with van der Waals surface area (Å²) in [4.78, 5) is 9.31. The molecule has 0 fully saturated rings. The van der Waals surface area contributed by atoms with Crippen LogP contribution in [0.5, 0.6) is 0 Å². The lowest BCUT2D eigenvalue weighted by Gasteiger charge is -2.25. The van der Waals surface area contributed by atoms with Crippen molar-refractivity contribution >= 4 is 17.6 Å². The number of fused-ring (bicyclic) bond motifs is 1. The van der Waals surface area contributed by atoms with E-state index in [4.69, 9.17) is 4.99 Å². The number of rotatable bonds is 6. The van der Waals surface area contributed by atoms with Gasteiger partial charge in [-0.3, -0.25) is 9.98 Å². The summed E-state index contributed by atoms with van der Waals surface area (Å²) in [6.07, 6.45) is 11.2. The van der Waals surface area contributed by atoms with Crippen molar-refractivity contribution in [2.24, 2.45) is 15.9 Å². The van der Waals surface area contributed by atoms with Gasteiger partial charge >= 0.3 is 0 Å². The van der Waals surface area contributed by atoms with Crippen molar-refractivity contribution in [1.82, 2.24) is 0 Å². The van der Waals surface area contributed by atoms with Crippen molar-refractivity contribution in [3.8, 4) is 6.07 Å². The van der Waals surface area contributed by atoms with Crippen molar-refractivity contribution in [3.05, 3.63) is 64.3 Å². The normalized spacial score (nSPS) is 18.3. The largest absolute Gasteiger partial charge is 0.293 e. The second kappa shape index (κ2) is 9.83. The molecule has 0 saturated heterocycles. The van der Waals surface area contributed by atoms with Crippen LogP contribution >= 0.6 is 0 Å². The third-order valence-electron chi connectivity index (χ3n) is 5.11. The lowest BCUT2D eigenvalue weighted by Crippen LogP contribution is -2.18. The topological polar surface area (TPSA) is 48.5 Å². The first kappa shape index (κ1) is 20.6. The number of allylic oxidation sites excluding steroid dienone is 5. The fraction of sp³-hybridized carbons (Fsp3) is 0.375. The van der Waals surface area contributed by atoms with E-state index in [-0.39, 0.29) is 5.92 Å². The Labute approximate surface area is 163 Å². The molecular weight excluding hydrogens is 330 g/mol. The van der Waals surface area contributed by atoms with Crippen molar-refractivity contribution in [2.75, 3.05) is 7.05 Å². The number of nitriles is 1. The molecule has 1 aliphatic carbocycles. The SMILES string of the molecule is C/C=C(\C=N/C1=CC(C(=C/C)/C(CC)=N\C)Cc2cc(C#N)ccc21)CC. The van der Waals surface area contributed by atoms with Gasteiger partial charge in [0.1, 0.15) is 0 Å². The van der Waals surface area contributed by atoms with Crippen LogP contribution in [0.1, 0.15) is 57.2 Å². The van der Waals surface area contributed by atoms with Gasteiger partial charge in [-0.1, -0.05) is 38.1 Å². The average Bonchev–Trinajstić information content (AvgIpc) is 2.71. The van der Waals surface area contributed by atoms with Gasteiger partial charge in [-0.2, -0.15) is 5.26 Å². The van der Waals surface area contributed by atoms with Gasteiger partial charge in [-0.05, 0) is 62.0 Å². The number of nitrogens with zero attached hydrogens (tertiary/aromatic N) is 3. The number of hydrogen-bond donors (Lipinski definition) is 0. The molecule has 3 heteroatoms. The van der Waals surface area contributed by atoms with E-state index in [1.54, 1.807) is 0 Å². The van der Waals surface area contributed by atoms with E-state index in [2.05, 4.69) is 50.1 Å². The summed E-state index contributed by atoms with van der Waals surface area (Å²) in [5, 5.41) is 9.30. The summed E-state index contributed by atoms with van der Waals surface area (Å²) in [6, 6.07) is 8.16. The van der Waals surface area contributed by atoms with Gasteiger partial charge < -0.3 is 0 Å². The lowest BCUT2D eigenvalue weighted by molar-refractivity contribution is 0.761. The molecular formula is C24H29N3. The van der Waals surface area contributed by atoms with Gasteiger partial charge in [0.2, 0.25) is 0 Å². The third kappa shape index (κ3) is 4.71. The van der Waals surface area contributed by atoms with E-state index >= 15 is 0 Å². The molecule has 0 heterocycles. The minimum Gasteiger partial charge on any atom is -0.293 e. The predicted octanol–water partition coefficient (Wildman–Crippen LogP) is 5.93. The molecule has 0 saturated carbocycles. The zero-order chi connectivity index (χ0) is 19.8. The van der Waals surface area contributed by atoms with Crippen LogP contribution in [0.15, 0.2) is 57.6 Å². The van der Waals surface area contributed by atoms with Crippen LogP contribution in [-0.2, 0) is 6.42 Å². The van der Waals surface area contributed by atoms with Crippen LogP contribution < -0.4 is 0 Å². The highest BCUT2D eigenvalue weighted by Gasteiger charge is 2.24. The third-order valence-corrected chi connectivity index (χ3v) is 5.11. The Morgan fingerprint density at radius 2 is 2.00 bits per heavy atom. The molecule has 0 bridgehead atoms. The van der Waals surface area contributed by atoms with Crippen LogP contribution in [0, 0.1) is 17.2 Å². The zero-order valence-electron chi connectivity index (χ0n) is 17.1. The molecule has 0 aromatic heterocycles. The molecule has 0 N–H and O–H groups in total. The first-order chi connectivity index (χ1) is 13.1. The number of benzene rings is 1. The summed E-state index contributed by atoms with van der Waals surface area (Å²) in [5.74, 6) is 0.220. The van der Waals surface area contributed by atoms with E-state index in [1.165, 1.54) is 16.7 Å². The van der Waals surface area contributed by atoms with Gasteiger partial charge in [0.25, 0.3) is 0 Å². The minimum atomic E-state index is 0.220. The fourth-order valence-corrected chi connectivity index (χ4v) is 3.58. The van der Waals surface area contributed by atoms with Crippen LogP contribution in [0.3, 0.4) is 0 Å². The van der Waals surface area contributed by atoms with E-state index in [0.717, 1.165) is 36.2 Å². The van der Waals surface area contributed by atoms with E-state index in [1.807, 2.05) is 38.4 Å². The summed E-state index contributed by atoms with van der Waals surface area (Å²) < 4.78 is 0. The highest BCUT2D eigenvalue weighted by molar-refractivity contribution is 6.01. The summed E-state index contributed by atoms with van der Waals surface area (Å²) in [5.41, 5.74) is 7.57. The Kier molecular flexibility index (Phi) is 7.49. The molecule has 0 aliphatic heterocycles. The molecule has 2 rings (SSSR count). The molecule has 0 spiro atoms. The molecule has 0 radical (unpaired) electrons. The zero-order valence-corrected chi connectivity index (χ0v) is 17.1. The molecule has 1 unspecified atom stereocenters. The maximum Gasteiger partial charge on any atom is 0.0991 e. The molecule has 1 aromatic rings. The predicted molar refractivity (Wildman–Crippen MR) is 116 cm³/mol. The van der Waals surface area contributed by atoms with Gasteiger partial charge in [-0.25, -0.2) is 0 Å². The first-order valence-electron chi connectivity index (χ1n) is 9.68. The second-order valence-electron chi connectivity index (χ2n) is 6.59. The average molecular weight is 360 g/mol. The van der Waals surface area contributed by atoms with Crippen LogP contribution in [0.4, 0.5) is 0 Å². The first-order valence-corrected chi connectivity index (χ1v) is 9.68.